The largest absolute Gasteiger partial charge is 0.489 e. The first-order valence-corrected chi connectivity index (χ1v) is 11.0. The Balaban J connectivity index is 1.38. The van der Waals surface area contributed by atoms with E-state index >= 15 is 0 Å². The molecule has 2 aliphatic rings. The third-order valence-corrected chi connectivity index (χ3v) is 5.97. The molecule has 7 nitrogen and oxygen atoms in total. The maximum Gasteiger partial charge on any atom is 0.159 e. The standard InChI is InChI=1S/C23H28N6O/c1-15-20(30-17-7-4-3-5-8-17)14-13-19(24-15)22-23(29(2)28-27-22)26-21-10-6-9-18(25-21)16-11-12-16/h6,9-10,13-14,16-17H,3-5,7-8,11-12H2,1-2H3,(H,25,26). The van der Waals surface area contributed by atoms with Crippen molar-refractivity contribution in [2.24, 2.45) is 7.05 Å². The Bertz CT molecular complexity index is 1040. The number of rotatable bonds is 6. The summed E-state index contributed by atoms with van der Waals surface area (Å²) in [6.07, 6.45) is 8.85. The van der Waals surface area contributed by atoms with Crippen molar-refractivity contribution in [1.82, 2.24) is 25.0 Å². The molecule has 0 radical (unpaired) electrons. The molecule has 0 atom stereocenters. The molecular weight excluding hydrogens is 376 g/mol. The van der Waals surface area contributed by atoms with Crippen LogP contribution >= 0.6 is 0 Å². The fourth-order valence-electron chi connectivity index (χ4n) is 4.09. The van der Waals surface area contributed by atoms with Crippen molar-refractivity contribution >= 4 is 11.6 Å². The summed E-state index contributed by atoms with van der Waals surface area (Å²) in [6.45, 7) is 1.99. The smallest absolute Gasteiger partial charge is 0.159 e. The van der Waals surface area contributed by atoms with Gasteiger partial charge >= 0.3 is 0 Å². The first kappa shape index (κ1) is 19.0. The number of hydrogen-bond acceptors (Lipinski definition) is 6. The third-order valence-electron chi connectivity index (χ3n) is 5.97. The SMILES string of the molecule is Cc1nc(-c2nnn(C)c2Nc2cccc(C3CC3)n2)ccc1OC1CCCCC1. The van der Waals surface area contributed by atoms with Gasteiger partial charge in [0.1, 0.15) is 11.6 Å². The zero-order valence-corrected chi connectivity index (χ0v) is 17.6. The van der Waals surface area contributed by atoms with Gasteiger partial charge < -0.3 is 10.1 Å². The monoisotopic (exact) mass is 404 g/mol. The summed E-state index contributed by atoms with van der Waals surface area (Å²) in [5.74, 6) is 3.06. The second kappa shape index (κ2) is 8.05. The molecule has 7 heteroatoms. The minimum atomic E-state index is 0.309. The molecule has 0 saturated heterocycles. The number of nitrogens with one attached hydrogen (secondary N) is 1. The van der Waals surface area contributed by atoms with Crippen LogP contribution in [0.2, 0.25) is 0 Å². The molecule has 2 aliphatic carbocycles. The van der Waals surface area contributed by atoms with Crippen molar-refractivity contribution in [2.75, 3.05) is 5.32 Å². The summed E-state index contributed by atoms with van der Waals surface area (Å²) in [6, 6.07) is 10.1. The van der Waals surface area contributed by atoms with Crippen LogP contribution in [-0.2, 0) is 7.05 Å². The maximum absolute atomic E-state index is 6.22. The number of nitrogens with zero attached hydrogens (tertiary/aromatic N) is 5. The summed E-state index contributed by atoms with van der Waals surface area (Å²) < 4.78 is 7.95. The normalized spacial score (nSPS) is 17.1. The Morgan fingerprint density at radius 3 is 2.60 bits per heavy atom. The Kier molecular flexibility index (Phi) is 5.11. The van der Waals surface area contributed by atoms with Crippen molar-refractivity contribution in [3.8, 4) is 17.1 Å². The van der Waals surface area contributed by atoms with Crippen LogP contribution in [0.25, 0.3) is 11.4 Å². The highest BCUT2D eigenvalue weighted by molar-refractivity contribution is 5.72. The minimum Gasteiger partial charge on any atom is -0.489 e. The highest BCUT2D eigenvalue weighted by atomic mass is 16.5. The van der Waals surface area contributed by atoms with Gasteiger partial charge in [-0.1, -0.05) is 17.7 Å². The predicted molar refractivity (Wildman–Crippen MR) is 116 cm³/mol. The Morgan fingerprint density at radius 1 is 1.00 bits per heavy atom. The highest BCUT2D eigenvalue weighted by Crippen LogP contribution is 2.39. The second-order valence-electron chi connectivity index (χ2n) is 8.42. The van der Waals surface area contributed by atoms with E-state index in [1.54, 1.807) is 4.68 Å². The van der Waals surface area contributed by atoms with E-state index in [4.69, 9.17) is 14.7 Å². The minimum absolute atomic E-state index is 0.309. The summed E-state index contributed by atoms with van der Waals surface area (Å²) in [7, 11) is 1.87. The number of hydrogen-bond donors (Lipinski definition) is 1. The zero-order valence-electron chi connectivity index (χ0n) is 17.6. The first-order chi connectivity index (χ1) is 14.7. The van der Waals surface area contributed by atoms with Gasteiger partial charge in [0.15, 0.2) is 11.5 Å². The van der Waals surface area contributed by atoms with Crippen LogP contribution in [0.3, 0.4) is 0 Å². The topological polar surface area (TPSA) is 77.8 Å². The quantitative estimate of drug-likeness (QED) is 0.629. The van der Waals surface area contributed by atoms with Crippen LogP contribution in [0.5, 0.6) is 5.75 Å². The fourth-order valence-corrected chi connectivity index (χ4v) is 4.09. The molecule has 0 bridgehead atoms. The molecule has 3 aromatic rings. The Labute approximate surface area is 176 Å². The number of aryl methyl sites for hydroxylation is 2. The molecule has 0 amide bonds. The molecule has 0 aromatic carbocycles. The van der Waals surface area contributed by atoms with Gasteiger partial charge in [0.2, 0.25) is 0 Å². The van der Waals surface area contributed by atoms with E-state index in [0.29, 0.717) is 17.7 Å². The molecule has 0 spiro atoms. The van der Waals surface area contributed by atoms with Gasteiger partial charge in [0, 0.05) is 18.7 Å². The van der Waals surface area contributed by atoms with Gasteiger partial charge in [0.25, 0.3) is 0 Å². The van der Waals surface area contributed by atoms with Crippen LogP contribution in [0.4, 0.5) is 11.6 Å². The number of pyridine rings is 2. The van der Waals surface area contributed by atoms with Crippen molar-refractivity contribution < 1.29 is 4.74 Å². The molecule has 3 heterocycles. The lowest BCUT2D eigenvalue weighted by Gasteiger charge is -2.23. The van der Waals surface area contributed by atoms with Crippen LogP contribution < -0.4 is 10.1 Å². The molecule has 0 aliphatic heterocycles. The molecule has 3 aromatic heterocycles. The number of anilines is 2. The van der Waals surface area contributed by atoms with Gasteiger partial charge in [-0.05, 0) is 69.7 Å². The summed E-state index contributed by atoms with van der Waals surface area (Å²) in [4.78, 5) is 9.54. The average Bonchev–Trinajstić information content (AvgIpc) is 3.56. The lowest BCUT2D eigenvalue weighted by atomic mass is 9.98. The molecule has 0 unspecified atom stereocenters. The summed E-state index contributed by atoms with van der Waals surface area (Å²) in [5.41, 5.74) is 3.51. The van der Waals surface area contributed by atoms with Gasteiger partial charge in [-0.3, -0.25) is 0 Å². The van der Waals surface area contributed by atoms with Gasteiger partial charge in [-0.15, -0.1) is 5.10 Å². The first-order valence-electron chi connectivity index (χ1n) is 11.0. The summed E-state index contributed by atoms with van der Waals surface area (Å²) >= 11 is 0. The van der Waals surface area contributed by atoms with Gasteiger partial charge in [0.05, 0.1) is 17.5 Å². The molecule has 156 valence electrons. The van der Waals surface area contributed by atoms with Crippen molar-refractivity contribution in [3.63, 3.8) is 0 Å². The second-order valence-corrected chi connectivity index (χ2v) is 8.42. The molecule has 2 saturated carbocycles. The van der Waals surface area contributed by atoms with E-state index in [-0.39, 0.29) is 0 Å². The van der Waals surface area contributed by atoms with Gasteiger partial charge in [-0.25, -0.2) is 14.6 Å². The van der Waals surface area contributed by atoms with Crippen LogP contribution in [0.1, 0.15) is 62.3 Å². The van der Waals surface area contributed by atoms with Crippen LogP contribution in [0, 0.1) is 6.92 Å². The van der Waals surface area contributed by atoms with E-state index in [1.165, 1.54) is 32.1 Å². The van der Waals surface area contributed by atoms with Crippen LogP contribution in [-0.4, -0.2) is 31.1 Å². The van der Waals surface area contributed by atoms with E-state index < -0.39 is 0 Å². The van der Waals surface area contributed by atoms with E-state index in [2.05, 4.69) is 21.7 Å². The van der Waals surface area contributed by atoms with Gasteiger partial charge in [-0.2, -0.15) is 0 Å². The lowest BCUT2D eigenvalue weighted by molar-refractivity contribution is 0.153. The van der Waals surface area contributed by atoms with Crippen molar-refractivity contribution in [3.05, 3.63) is 41.7 Å². The Hall–Kier alpha value is -2.96. The van der Waals surface area contributed by atoms with E-state index in [1.807, 2.05) is 38.2 Å². The van der Waals surface area contributed by atoms with E-state index in [0.717, 1.165) is 47.3 Å². The van der Waals surface area contributed by atoms with Crippen LogP contribution in [0.15, 0.2) is 30.3 Å². The number of aromatic nitrogens is 5. The average molecular weight is 405 g/mol. The lowest BCUT2D eigenvalue weighted by Crippen LogP contribution is -2.20. The predicted octanol–water partition coefficient (Wildman–Crippen LogP) is 4.91. The van der Waals surface area contributed by atoms with Crippen molar-refractivity contribution in [1.29, 1.82) is 0 Å². The molecule has 1 N–H and O–H groups in total. The number of ether oxygens (including phenoxy) is 1. The third kappa shape index (κ3) is 4.01. The molecule has 5 rings (SSSR count). The van der Waals surface area contributed by atoms with E-state index in [9.17, 15) is 0 Å². The van der Waals surface area contributed by atoms with Crippen molar-refractivity contribution in [2.45, 2.75) is 63.9 Å². The fraction of sp³-hybridized carbons (Fsp3) is 0.478. The molecule has 30 heavy (non-hydrogen) atoms. The maximum atomic E-state index is 6.22. The zero-order chi connectivity index (χ0) is 20.5. The molecular formula is C23H28N6O. The Morgan fingerprint density at radius 2 is 1.83 bits per heavy atom. The summed E-state index contributed by atoms with van der Waals surface area (Å²) in [5, 5.41) is 12.0. The highest BCUT2D eigenvalue weighted by Gasteiger charge is 2.25. The molecule has 2 fully saturated rings.